The standard InChI is InChI=1S/C19H26N4O4/c1-11-9-15(14-5-4-6-20-10-14)27-19(26)16(11)18(25)21-17-12(2)22-23(7-8-24)13(17)3/h9,14,20,24H,4-8,10H2,1-3H3,(H,21,25). The molecule has 1 saturated heterocycles. The number of amides is 1. The van der Waals surface area contributed by atoms with Crippen molar-refractivity contribution in [2.75, 3.05) is 25.0 Å². The van der Waals surface area contributed by atoms with Crippen LogP contribution in [0.25, 0.3) is 0 Å². The fraction of sp³-hybridized carbons (Fsp3) is 0.526. The van der Waals surface area contributed by atoms with Crippen LogP contribution in [0.2, 0.25) is 0 Å². The third-order valence-electron chi connectivity index (χ3n) is 5.03. The largest absolute Gasteiger partial charge is 0.427 e. The lowest BCUT2D eigenvalue weighted by Gasteiger charge is -2.22. The summed E-state index contributed by atoms with van der Waals surface area (Å²) in [6, 6.07) is 1.79. The maximum Gasteiger partial charge on any atom is 0.349 e. The lowest BCUT2D eigenvalue weighted by atomic mass is 9.95. The number of carbonyl (C=O) groups excluding carboxylic acids is 1. The van der Waals surface area contributed by atoms with Crippen LogP contribution in [0.4, 0.5) is 5.69 Å². The number of anilines is 1. The molecule has 146 valence electrons. The van der Waals surface area contributed by atoms with Crippen LogP contribution in [0.1, 0.15) is 51.8 Å². The van der Waals surface area contributed by atoms with Crippen molar-refractivity contribution in [2.45, 2.75) is 46.1 Å². The van der Waals surface area contributed by atoms with Crippen molar-refractivity contribution in [1.29, 1.82) is 0 Å². The summed E-state index contributed by atoms with van der Waals surface area (Å²) in [5, 5.41) is 19.5. The van der Waals surface area contributed by atoms with Gasteiger partial charge in [-0.2, -0.15) is 5.10 Å². The van der Waals surface area contributed by atoms with E-state index in [1.165, 1.54) is 0 Å². The Morgan fingerprint density at radius 2 is 2.22 bits per heavy atom. The summed E-state index contributed by atoms with van der Waals surface area (Å²) in [6.45, 7) is 7.37. The number of hydrogen-bond acceptors (Lipinski definition) is 6. The zero-order valence-electron chi connectivity index (χ0n) is 16.0. The normalized spacial score (nSPS) is 17.1. The van der Waals surface area contributed by atoms with Crippen LogP contribution in [0.15, 0.2) is 15.3 Å². The Morgan fingerprint density at radius 3 is 2.85 bits per heavy atom. The third kappa shape index (κ3) is 3.96. The number of nitrogens with one attached hydrogen (secondary N) is 2. The van der Waals surface area contributed by atoms with Gasteiger partial charge in [-0.3, -0.25) is 9.48 Å². The van der Waals surface area contributed by atoms with Crippen LogP contribution < -0.4 is 16.3 Å². The Hall–Kier alpha value is -2.45. The molecule has 1 fully saturated rings. The molecular weight excluding hydrogens is 348 g/mol. The summed E-state index contributed by atoms with van der Waals surface area (Å²) in [7, 11) is 0. The maximum absolute atomic E-state index is 12.7. The second-order valence-electron chi connectivity index (χ2n) is 6.98. The van der Waals surface area contributed by atoms with Crippen molar-refractivity contribution in [3.63, 3.8) is 0 Å². The van der Waals surface area contributed by atoms with Gasteiger partial charge in [0.25, 0.3) is 5.91 Å². The Kier molecular flexibility index (Phi) is 5.76. The molecule has 8 heteroatoms. The lowest BCUT2D eigenvalue weighted by molar-refractivity contribution is 0.102. The number of aromatic nitrogens is 2. The van der Waals surface area contributed by atoms with E-state index in [0.717, 1.165) is 31.6 Å². The van der Waals surface area contributed by atoms with E-state index in [-0.39, 0.29) is 18.1 Å². The van der Waals surface area contributed by atoms with Crippen molar-refractivity contribution in [2.24, 2.45) is 0 Å². The summed E-state index contributed by atoms with van der Waals surface area (Å²) < 4.78 is 7.11. The first kappa shape index (κ1) is 19.3. The summed E-state index contributed by atoms with van der Waals surface area (Å²) >= 11 is 0. The summed E-state index contributed by atoms with van der Waals surface area (Å²) in [6.07, 6.45) is 2.00. The molecule has 2 aromatic rings. The van der Waals surface area contributed by atoms with E-state index < -0.39 is 11.5 Å². The third-order valence-corrected chi connectivity index (χ3v) is 5.03. The molecule has 0 aromatic carbocycles. The highest BCUT2D eigenvalue weighted by molar-refractivity contribution is 6.05. The highest BCUT2D eigenvalue weighted by atomic mass is 16.4. The van der Waals surface area contributed by atoms with E-state index in [0.29, 0.717) is 29.2 Å². The lowest BCUT2D eigenvalue weighted by Crippen LogP contribution is -2.30. The zero-order valence-corrected chi connectivity index (χ0v) is 16.0. The quantitative estimate of drug-likeness (QED) is 0.731. The van der Waals surface area contributed by atoms with E-state index in [1.54, 1.807) is 31.5 Å². The van der Waals surface area contributed by atoms with Crippen molar-refractivity contribution >= 4 is 11.6 Å². The molecular formula is C19H26N4O4. The van der Waals surface area contributed by atoms with Crippen molar-refractivity contribution in [1.82, 2.24) is 15.1 Å². The Bertz CT molecular complexity index is 894. The van der Waals surface area contributed by atoms with Gasteiger partial charge in [-0.15, -0.1) is 0 Å². The predicted octanol–water partition coefficient (Wildman–Crippen LogP) is 1.47. The van der Waals surface area contributed by atoms with Gasteiger partial charge in [-0.1, -0.05) is 0 Å². The maximum atomic E-state index is 12.7. The van der Waals surface area contributed by atoms with Gasteiger partial charge in [0, 0.05) is 12.5 Å². The smallest absolute Gasteiger partial charge is 0.349 e. The fourth-order valence-corrected chi connectivity index (χ4v) is 3.57. The molecule has 8 nitrogen and oxygen atoms in total. The Morgan fingerprint density at radius 1 is 1.44 bits per heavy atom. The molecule has 1 amide bonds. The number of hydrogen-bond donors (Lipinski definition) is 3. The van der Waals surface area contributed by atoms with Gasteiger partial charge < -0.3 is 20.2 Å². The van der Waals surface area contributed by atoms with E-state index >= 15 is 0 Å². The number of rotatable bonds is 5. The molecule has 1 aliphatic heterocycles. The number of aliphatic hydroxyl groups is 1. The molecule has 0 aliphatic carbocycles. The highest BCUT2D eigenvalue weighted by Gasteiger charge is 2.24. The SMILES string of the molecule is Cc1cc(C2CCCNC2)oc(=O)c1C(=O)Nc1c(C)nn(CCO)c1C. The molecule has 1 unspecified atom stereocenters. The molecule has 0 radical (unpaired) electrons. The molecule has 27 heavy (non-hydrogen) atoms. The van der Waals surface area contributed by atoms with E-state index in [4.69, 9.17) is 9.52 Å². The van der Waals surface area contributed by atoms with Crippen LogP contribution in [0.5, 0.6) is 0 Å². The molecule has 1 aliphatic rings. The first-order valence-corrected chi connectivity index (χ1v) is 9.24. The Balaban J connectivity index is 1.86. The number of piperidine rings is 1. The van der Waals surface area contributed by atoms with Crippen LogP contribution in [0.3, 0.4) is 0 Å². The number of nitrogens with zero attached hydrogens (tertiary/aromatic N) is 2. The molecule has 3 heterocycles. The summed E-state index contributed by atoms with van der Waals surface area (Å²) in [5.74, 6) is 0.275. The highest BCUT2D eigenvalue weighted by Crippen LogP contribution is 2.24. The van der Waals surface area contributed by atoms with Gasteiger partial charge >= 0.3 is 5.63 Å². The van der Waals surface area contributed by atoms with Crippen LogP contribution in [-0.4, -0.2) is 40.5 Å². The van der Waals surface area contributed by atoms with E-state index in [1.807, 2.05) is 0 Å². The molecule has 1 atom stereocenters. The van der Waals surface area contributed by atoms with Gasteiger partial charge in [0.2, 0.25) is 0 Å². The van der Waals surface area contributed by atoms with Gasteiger partial charge in [0.1, 0.15) is 11.3 Å². The summed E-state index contributed by atoms with van der Waals surface area (Å²) in [4.78, 5) is 25.3. The molecule has 0 saturated carbocycles. The average molecular weight is 374 g/mol. The van der Waals surface area contributed by atoms with E-state index in [9.17, 15) is 9.59 Å². The fourth-order valence-electron chi connectivity index (χ4n) is 3.57. The molecule has 0 bridgehead atoms. The van der Waals surface area contributed by atoms with E-state index in [2.05, 4.69) is 15.7 Å². The van der Waals surface area contributed by atoms with Crippen molar-refractivity contribution in [3.05, 3.63) is 44.8 Å². The predicted molar refractivity (Wildman–Crippen MR) is 101 cm³/mol. The summed E-state index contributed by atoms with van der Waals surface area (Å²) in [5.41, 5.74) is 1.89. The number of carbonyl (C=O) groups is 1. The van der Waals surface area contributed by atoms with Crippen molar-refractivity contribution < 1.29 is 14.3 Å². The number of aliphatic hydroxyl groups excluding tert-OH is 1. The molecule has 3 N–H and O–H groups in total. The number of aryl methyl sites for hydroxylation is 2. The van der Waals surface area contributed by atoms with Crippen LogP contribution in [0, 0.1) is 20.8 Å². The average Bonchev–Trinajstić information content (AvgIpc) is 2.90. The zero-order chi connectivity index (χ0) is 19.6. The van der Waals surface area contributed by atoms with Gasteiger partial charge in [-0.05, 0) is 51.8 Å². The van der Waals surface area contributed by atoms with Gasteiger partial charge in [-0.25, -0.2) is 4.79 Å². The molecule has 0 spiro atoms. The minimum Gasteiger partial charge on any atom is -0.427 e. The molecule has 2 aromatic heterocycles. The van der Waals surface area contributed by atoms with Gasteiger partial charge in [0.15, 0.2) is 0 Å². The molecule has 3 rings (SSSR count). The minimum atomic E-state index is -0.619. The second kappa shape index (κ2) is 8.06. The minimum absolute atomic E-state index is 0.0104. The van der Waals surface area contributed by atoms with Crippen molar-refractivity contribution in [3.8, 4) is 0 Å². The Labute approximate surface area is 157 Å². The monoisotopic (exact) mass is 374 g/mol. The second-order valence-corrected chi connectivity index (χ2v) is 6.98. The first-order chi connectivity index (χ1) is 12.9. The van der Waals surface area contributed by atoms with Crippen LogP contribution >= 0.6 is 0 Å². The topological polar surface area (TPSA) is 109 Å². The van der Waals surface area contributed by atoms with Gasteiger partial charge in [0.05, 0.1) is 30.2 Å². The first-order valence-electron chi connectivity index (χ1n) is 9.24. The van der Waals surface area contributed by atoms with Crippen LogP contribution in [-0.2, 0) is 6.54 Å².